The van der Waals surface area contributed by atoms with Crippen LogP contribution < -0.4 is 5.73 Å². The highest BCUT2D eigenvalue weighted by molar-refractivity contribution is 7.97. The molecule has 41 heavy (non-hydrogen) atoms. The van der Waals surface area contributed by atoms with E-state index in [0.717, 1.165) is 59.5 Å². The summed E-state index contributed by atoms with van der Waals surface area (Å²) in [4.78, 5) is 4.58. The van der Waals surface area contributed by atoms with Crippen LogP contribution in [0.5, 0.6) is 0 Å². The van der Waals surface area contributed by atoms with Gasteiger partial charge in [0, 0.05) is 24.3 Å². The highest BCUT2D eigenvalue weighted by atomic mass is 32.2. The Kier molecular flexibility index (Phi) is 15.1. The van der Waals surface area contributed by atoms with Gasteiger partial charge in [-0.1, -0.05) is 62.2 Å². The van der Waals surface area contributed by atoms with Gasteiger partial charge in [0.2, 0.25) is 0 Å². The molecule has 1 aromatic heterocycles. The van der Waals surface area contributed by atoms with E-state index in [0.29, 0.717) is 11.6 Å². The number of aliphatic hydroxyl groups is 1. The van der Waals surface area contributed by atoms with Crippen molar-refractivity contribution in [2.75, 3.05) is 38.6 Å². The molecule has 0 saturated carbocycles. The topological polar surface area (TPSA) is 77.6 Å². The third-order valence-electron chi connectivity index (χ3n) is 7.02. The van der Waals surface area contributed by atoms with Crippen LogP contribution in [0.4, 0.5) is 10.1 Å². The van der Waals surface area contributed by atoms with Crippen molar-refractivity contribution >= 4 is 23.5 Å². The SMILES string of the molecule is CC/C(C)=C\c1nc(-c2ccc(-c3ccc(N)cc3)cc2)c(F)cc1C.CCC[C@@H]1COC(CO)C1OC.CSC. The Hall–Kier alpha value is -2.71. The Balaban J connectivity index is 0.000000327. The van der Waals surface area contributed by atoms with Gasteiger partial charge in [0.1, 0.15) is 17.6 Å². The number of aryl methyl sites for hydroxylation is 1. The smallest absolute Gasteiger partial charge is 0.149 e. The molecule has 0 radical (unpaired) electrons. The lowest BCUT2D eigenvalue weighted by atomic mass is 9.97. The molecule has 7 heteroatoms. The maximum Gasteiger partial charge on any atom is 0.149 e. The van der Waals surface area contributed by atoms with Crippen LogP contribution in [0.25, 0.3) is 28.5 Å². The van der Waals surface area contributed by atoms with Gasteiger partial charge >= 0.3 is 0 Å². The molecule has 3 atom stereocenters. The van der Waals surface area contributed by atoms with Crippen LogP contribution >= 0.6 is 11.8 Å². The van der Waals surface area contributed by atoms with Crippen molar-refractivity contribution in [3.8, 4) is 22.4 Å². The average Bonchev–Trinajstić information content (AvgIpc) is 3.37. The molecule has 0 spiro atoms. The van der Waals surface area contributed by atoms with Gasteiger partial charge in [0.05, 0.1) is 25.0 Å². The van der Waals surface area contributed by atoms with E-state index in [1.165, 1.54) is 5.57 Å². The van der Waals surface area contributed by atoms with Crippen LogP contribution in [0.1, 0.15) is 51.3 Å². The number of thioether (sulfide) groups is 1. The van der Waals surface area contributed by atoms with E-state index in [-0.39, 0.29) is 24.6 Å². The second-order valence-corrected chi connectivity index (χ2v) is 11.1. The summed E-state index contributed by atoms with van der Waals surface area (Å²) in [6.45, 7) is 9.00. The summed E-state index contributed by atoms with van der Waals surface area (Å²) >= 11 is 1.75. The third-order valence-corrected chi connectivity index (χ3v) is 7.02. The first-order valence-corrected chi connectivity index (χ1v) is 15.8. The van der Waals surface area contributed by atoms with E-state index in [9.17, 15) is 4.39 Å². The molecule has 2 heterocycles. The molecule has 3 N–H and O–H groups in total. The van der Waals surface area contributed by atoms with Crippen LogP contribution in [0.2, 0.25) is 0 Å². The number of nitrogen functional groups attached to an aromatic ring is 1. The first kappa shape index (κ1) is 34.5. The quantitative estimate of drug-likeness (QED) is 0.262. The summed E-state index contributed by atoms with van der Waals surface area (Å²) in [5.41, 5.74) is 12.6. The second kappa shape index (κ2) is 18.0. The molecule has 1 aliphatic heterocycles. The number of hydrogen-bond donors (Lipinski definition) is 2. The van der Waals surface area contributed by atoms with Crippen molar-refractivity contribution in [1.82, 2.24) is 4.98 Å². The van der Waals surface area contributed by atoms with E-state index in [4.69, 9.17) is 20.3 Å². The zero-order valence-corrected chi connectivity index (χ0v) is 26.4. The number of nitrogens with zero attached hydrogens (tertiary/aromatic N) is 1. The summed E-state index contributed by atoms with van der Waals surface area (Å²) in [5.74, 6) is 0.172. The maximum absolute atomic E-state index is 14.5. The van der Waals surface area contributed by atoms with Gasteiger partial charge in [0.15, 0.2) is 0 Å². The van der Waals surface area contributed by atoms with Crippen molar-refractivity contribution in [1.29, 1.82) is 0 Å². The Morgan fingerprint density at radius 1 is 1.10 bits per heavy atom. The van der Waals surface area contributed by atoms with Crippen molar-refractivity contribution in [3.63, 3.8) is 0 Å². The lowest BCUT2D eigenvalue weighted by Gasteiger charge is -2.19. The fraction of sp³-hybridized carbons (Fsp3) is 0.441. The number of rotatable bonds is 8. The van der Waals surface area contributed by atoms with E-state index in [1.54, 1.807) is 24.9 Å². The minimum atomic E-state index is -0.297. The molecule has 0 bridgehead atoms. The van der Waals surface area contributed by atoms with E-state index < -0.39 is 0 Å². The zero-order valence-electron chi connectivity index (χ0n) is 25.6. The molecule has 1 aliphatic rings. The second-order valence-electron chi connectivity index (χ2n) is 10.3. The largest absolute Gasteiger partial charge is 0.399 e. The summed E-state index contributed by atoms with van der Waals surface area (Å²) < 4.78 is 25.2. The van der Waals surface area contributed by atoms with Gasteiger partial charge in [-0.25, -0.2) is 9.37 Å². The van der Waals surface area contributed by atoms with Gasteiger partial charge in [-0.05, 0) is 80.2 Å². The van der Waals surface area contributed by atoms with Crippen molar-refractivity contribution < 1.29 is 19.0 Å². The van der Waals surface area contributed by atoms with E-state index in [1.807, 2.05) is 74.0 Å². The van der Waals surface area contributed by atoms with Crippen molar-refractivity contribution in [3.05, 3.63) is 77.2 Å². The number of aromatic nitrogens is 1. The number of pyridine rings is 1. The number of halogens is 1. The van der Waals surface area contributed by atoms with Gasteiger partial charge < -0.3 is 20.3 Å². The summed E-state index contributed by atoms with van der Waals surface area (Å²) in [6, 6.07) is 17.0. The lowest BCUT2D eigenvalue weighted by Crippen LogP contribution is -2.31. The van der Waals surface area contributed by atoms with E-state index in [2.05, 4.69) is 25.8 Å². The first-order chi connectivity index (χ1) is 19.7. The number of nitrogens with two attached hydrogens (primary N) is 1. The Morgan fingerprint density at radius 3 is 2.17 bits per heavy atom. The highest BCUT2D eigenvalue weighted by Crippen LogP contribution is 2.28. The molecule has 0 amide bonds. The number of anilines is 1. The zero-order chi connectivity index (χ0) is 30.4. The van der Waals surface area contributed by atoms with Crippen LogP contribution in [0, 0.1) is 18.7 Å². The van der Waals surface area contributed by atoms with Crippen molar-refractivity contribution in [2.45, 2.75) is 59.2 Å². The summed E-state index contributed by atoms with van der Waals surface area (Å²) in [5, 5.41) is 8.95. The maximum atomic E-state index is 14.5. The Labute approximate surface area is 250 Å². The Bertz CT molecular complexity index is 1220. The van der Waals surface area contributed by atoms with Gasteiger partial charge in [0.25, 0.3) is 0 Å². The monoisotopic (exact) mass is 582 g/mol. The number of benzene rings is 2. The van der Waals surface area contributed by atoms with Crippen molar-refractivity contribution in [2.24, 2.45) is 5.92 Å². The highest BCUT2D eigenvalue weighted by Gasteiger charge is 2.36. The molecule has 1 fully saturated rings. The predicted octanol–water partition coefficient (Wildman–Crippen LogP) is 8.05. The van der Waals surface area contributed by atoms with E-state index >= 15 is 0 Å². The molecule has 2 aromatic carbocycles. The standard InChI is InChI=1S/C23H23FN2.C9H18O3.C2H6S/c1-4-15(2)13-22-16(3)14-21(24)23(26-22)19-7-5-17(6-8-19)18-9-11-20(25)12-10-18;1-3-4-7-6-12-8(5-10)9(7)11-2;1-3-2/h5-14H,4,25H2,1-3H3;7-10H,3-6H2,1-2H3;1-2H3/b15-13-;;/t;7-,8?,9?;/m.1./s1. The van der Waals surface area contributed by atoms with Crippen LogP contribution in [-0.2, 0) is 9.47 Å². The van der Waals surface area contributed by atoms with Crippen LogP contribution in [0.3, 0.4) is 0 Å². The predicted molar refractivity (Wildman–Crippen MR) is 174 cm³/mol. The normalized spacial score (nSPS) is 18.3. The number of methoxy groups -OCH3 is 1. The first-order valence-electron chi connectivity index (χ1n) is 14.2. The molecular formula is C34H47FN2O3S. The molecule has 1 saturated heterocycles. The number of aliphatic hydroxyl groups excluding tert-OH is 1. The summed E-state index contributed by atoms with van der Waals surface area (Å²) in [6.07, 6.45) is 9.31. The lowest BCUT2D eigenvalue weighted by molar-refractivity contribution is -0.0198. The molecular weight excluding hydrogens is 535 g/mol. The number of ether oxygens (including phenoxy) is 2. The Morgan fingerprint density at radius 2 is 1.66 bits per heavy atom. The minimum absolute atomic E-state index is 0.0682. The third kappa shape index (κ3) is 10.3. The molecule has 0 aliphatic carbocycles. The van der Waals surface area contributed by atoms with Gasteiger partial charge in [-0.2, -0.15) is 11.8 Å². The molecule has 2 unspecified atom stereocenters. The van der Waals surface area contributed by atoms with Gasteiger partial charge in [-0.3, -0.25) is 0 Å². The molecule has 4 rings (SSSR count). The molecule has 5 nitrogen and oxygen atoms in total. The molecule has 3 aromatic rings. The van der Waals surface area contributed by atoms with Gasteiger partial charge in [-0.15, -0.1) is 0 Å². The fourth-order valence-electron chi connectivity index (χ4n) is 4.63. The number of hydrogen-bond acceptors (Lipinski definition) is 6. The number of allylic oxidation sites excluding steroid dienone is 1. The minimum Gasteiger partial charge on any atom is -0.399 e. The molecule has 224 valence electrons. The summed E-state index contributed by atoms with van der Waals surface area (Å²) in [7, 11) is 1.69. The average molecular weight is 583 g/mol. The fourth-order valence-corrected chi connectivity index (χ4v) is 4.63. The van der Waals surface area contributed by atoms with Crippen LogP contribution in [-0.4, -0.2) is 55.1 Å². The van der Waals surface area contributed by atoms with Crippen LogP contribution in [0.15, 0.2) is 60.2 Å².